The van der Waals surface area contributed by atoms with Crippen molar-refractivity contribution >= 4 is 5.97 Å². The molecule has 9 heteroatoms. The standard InChI is InChI=1S/C26H26FN3O5/c1-17-21(29-24(34-17)19-7-5-4-6-8-19)15-30(16-23-28-11-12-33-23)14-18-9-10-22(20(27)13-18)35-26(2,3)25(31)32/h4-13H,14-16H2,1-3H3,(H,31,32). The van der Waals surface area contributed by atoms with E-state index in [0.29, 0.717) is 42.7 Å². The lowest BCUT2D eigenvalue weighted by Crippen LogP contribution is -2.38. The Labute approximate surface area is 202 Å². The van der Waals surface area contributed by atoms with Gasteiger partial charge in [-0.2, -0.15) is 0 Å². The molecule has 0 unspecified atom stereocenters. The molecule has 0 bridgehead atoms. The number of aryl methyl sites for hydroxylation is 1. The molecule has 2 heterocycles. The lowest BCUT2D eigenvalue weighted by molar-refractivity contribution is -0.152. The van der Waals surface area contributed by atoms with Crippen molar-refractivity contribution in [3.8, 4) is 17.2 Å². The van der Waals surface area contributed by atoms with E-state index in [0.717, 1.165) is 11.3 Å². The Kier molecular flexibility index (Phi) is 6.97. The van der Waals surface area contributed by atoms with E-state index in [2.05, 4.69) is 9.97 Å². The predicted octanol–water partition coefficient (Wildman–Crippen LogP) is 5.22. The van der Waals surface area contributed by atoms with Gasteiger partial charge in [-0.05, 0) is 50.6 Å². The van der Waals surface area contributed by atoms with Crippen molar-refractivity contribution < 1.29 is 27.9 Å². The van der Waals surface area contributed by atoms with Gasteiger partial charge in [0, 0.05) is 18.7 Å². The molecular formula is C26H26FN3O5. The molecule has 4 rings (SSSR count). The zero-order valence-electron chi connectivity index (χ0n) is 19.7. The predicted molar refractivity (Wildman–Crippen MR) is 125 cm³/mol. The number of halogens is 1. The molecule has 0 aliphatic carbocycles. The summed E-state index contributed by atoms with van der Waals surface area (Å²) in [6.45, 7) is 5.72. The molecule has 2 aromatic carbocycles. The van der Waals surface area contributed by atoms with Crippen LogP contribution < -0.4 is 4.74 Å². The summed E-state index contributed by atoms with van der Waals surface area (Å²) in [6.07, 6.45) is 3.07. The van der Waals surface area contributed by atoms with Gasteiger partial charge in [-0.1, -0.05) is 24.3 Å². The fourth-order valence-corrected chi connectivity index (χ4v) is 3.48. The lowest BCUT2D eigenvalue weighted by atomic mass is 10.1. The van der Waals surface area contributed by atoms with Crippen molar-refractivity contribution in [3.63, 3.8) is 0 Å². The Morgan fingerprint density at radius 2 is 1.91 bits per heavy atom. The zero-order valence-corrected chi connectivity index (χ0v) is 19.7. The van der Waals surface area contributed by atoms with E-state index in [1.54, 1.807) is 12.3 Å². The third-order valence-electron chi connectivity index (χ3n) is 5.41. The van der Waals surface area contributed by atoms with Gasteiger partial charge in [0.15, 0.2) is 17.2 Å². The molecule has 0 spiro atoms. The normalized spacial score (nSPS) is 11.7. The van der Waals surface area contributed by atoms with Gasteiger partial charge in [0.05, 0.1) is 18.4 Å². The number of aliphatic carboxylic acids is 1. The molecule has 0 saturated heterocycles. The fourth-order valence-electron chi connectivity index (χ4n) is 3.48. The molecule has 0 amide bonds. The number of rotatable bonds is 10. The van der Waals surface area contributed by atoms with E-state index in [1.807, 2.05) is 42.2 Å². The SMILES string of the molecule is Cc1oc(-c2ccccc2)nc1CN(Cc1ccc(OC(C)(C)C(=O)O)c(F)c1)Cc1ncco1. The highest BCUT2D eigenvalue weighted by Crippen LogP contribution is 2.26. The number of hydrogen-bond donors (Lipinski definition) is 1. The van der Waals surface area contributed by atoms with Crippen LogP contribution in [0.4, 0.5) is 4.39 Å². The Hall–Kier alpha value is -3.98. The van der Waals surface area contributed by atoms with E-state index in [-0.39, 0.29) is 5.75 Å². The molecule has 35 heavy (non-hydrogen) atoms. The lowest BCUT2D eigenvalue weighted by Gasteiger charge is -2.23. The Balaban J connectivity index is 1.55. The van der Waals surface area contributed by atoms with E-state index in [4.69, 9.17) is 13.6 Å². The number of oxazole rings is 2. The molecular weight excluding hydrogens is 453 g/mol. The van der Waals surface area contributed by atoms with Crippen molar-refractivity contribution in [2.45, 2.75) is 46.0 Å². The summed E-state index contributed by atoms with van der Waals surface area (Å²) >= 11 is 0. The molecule has 0 fully saturated rings. The molecule has 0 radical (unpaired) electrons. The number of aromatic nitrogens is 2. The molecule has 2 aromatic heterocycles. The summed E-state index contributed by atoms with van der Waals surface area (Å²) in [6, 6.07) is 14.1. The number of carboxylic acid groups (broad SMARTS) is 1. The molecule has 0 aliphatic heterocycles. The maximum absolute atomic E-state index is 14.8. The Bertz CT molecular complexity index is 1290. The van der Waals surface area contributed by atoms with Gasteiger partial charge in [-0.25, -0.2) is 19.2 Å². The first-order valence-electron chi connectivity index (χ1n) is 11.0. The number of hydrogen-bond acceptors (Lipinski definition) is 7. The topological polar surface area (TPSA) is 102 Å². The maximum atomic E-state index is 14.8. The molecule has 1 N–H and O–H groups in total. The van der Waals surface area contributed by atoms with E-state index in [9.17, 15) is 14.3 Å². The van der Waals surface area contributed by atoms with Crippen LogP contribution in [0.25, 0.3) is 11.5 Å². The van der Waals surface area contributed by atoms with Crippen molar-refractivity contribution in [2.24, 2.45) is 0 Å². The van der Waals surface area contributed by atoms with Crippen LogP contribution in [0.2, 0.25) is 0 Å². The Morgan fingerprint density at radius 3 is 2.57 bits per heavy atom. The van der Waals surface area contributed by atoms with Crippen LogP contribution in [-0.2, 0) is 24.4 Å². The monoisotopic (exact) mass is 479 g/mol. The van der Waals surface area contributed by atoms with Gasteiger partial charge in [-0.15, -0.1) is 0 Å². The van der Waals surface area contributed by atoms with Crippen LogP contribution in [0.3, 0.4) is 0 Å². The first-order valence-corrected chi connectivity index (χ1v) is 11.0. The maximum Gasteiger partial charge on any atom is 0.347 e. The summed E-state index contributed by atoms with van der Waals surface area (Å²) in [4.78, 5) is 22.2. The smallest absolute Gasteiger partial charge is 0.347 e. The summed E-state index contributed by atoms with van der Waals surface area (Å²) in [5.41, 5.74) is 0.737. The van der Waals surface area contributed by atoms with Gasteiger partial charge in [0.2, 0.25) is 11.8 Å². The average molecular weight is 480 g/mol. The van der Waals surface area contributed by atoms with Gasteiger partial charge in [-0.3, -0.25) is 4.90 Å². The van der Waals surface area contributed by atoms with E-state index >= 15 is 0 Å². The summed E-state index contributed by atoms with van der Waals surface area (Å²) in [5.74, 6) is -0.221. The van der Waals surface area contributed by atoms with E-state index < -0.39 is 17.4 Å². The van der Waals surface area contributed by atoms with Crippen LogP contribution in [0.1, 0.15) is 36.8 Å². The highest BCUT2D eigenvalue weighted by Gasteiger charge is 2.30. The third kappa shape index (κ3) is 5.93. The molecule has 182 valence electrons. The fraction of sp³-hybridized carbons (Fsp3) is 0.269. The number of benzene rings is 2. The molecule has 0 atom stereocenters. The highest BCUT2D eigenvalue weighted by atomic mass is 19.1. The van der Waals surface area contributed by atoms with Crippen LogP contribution in [0, 0.1) is 12.7 Å². The third-order valence-corrected chi connectivity index (χ3v) is 5.41. The highest BCUT2D eigenvalue weighted by molar-refractivity contribution is 5.76. The minimum absolute atomic E-state index is 0.125. The van der Waals surface area contributed by atoms with Crippen molar-refractivity contribution in [1.29, 1.82) is 0 Å². The number of carbonyl (C=O) groups is 1. The van der Waals surface area contributed by atoms with Gasteiger partial charge in [0.1, 0.15) is 12.0 Å². The number of ether oxygens (including phenoxy) is 1. The second-order valence-electron chi connectivity index (χ2n) is 8.64. The van der Waals surface area contributed by atoms with Crippen molar-refractivity contribution in [1.82, 2.24) is 14.9 Å². The van der Waals surface area contributed by atoms with E-state index in [1.165, 1.54) is 32.2 Å². The summed E-state index contributed by atoms with van der Waals surface area (Å²) in [7, 11) is 0. The van der Waals surface area contributed by atoms with Crippen molar-refractivity contribution in [2.75, 3.05) is 0 Å². The van der Waals surface area contributed by atoms with Crippen LogP contribution in [0.5, 0.6) is 5.75 Å². The summed E-state index contributed by atoms with van der Waals surface area (Å²) < 4.78 is 31.4. The number of carboxylic acids is 1. The average Bonchev–Trinajstić information content (AvgIpc) is 3.46. The molecule has 8 nitrogen and oxygen atoms in total. The van der Waals surface area contributed by atoms with Crippen LogP contribution in [0.15, 0.2) is 69.8 Å². The molecule has 0 aliphatic rings. The Morgan fingerprint density at radius 1 is 1.14 bits per heavy atom. The first kappa shape index (κ1) is 24.2. The molecule has 4 aromatic rings. The largest absolute Gasteiger partial charge is 0.478 e. The van der Waals surface area contributed by atoms with Crippen LogP contribution >= 0.6 is 0 Å². The minimum atomic E-state index is -1.56. The van der Waals surface area contributed by atoms with Crippen molar-refractivity contribution in [3.05, 3.63) is 89.7 Å². The number of nitrogens with zero attached hydrogens (tertiary/aromatic N) is 3. The zero-order chi connectivity index (χ0) is 25.0. The van der Waals surface area contributed by atoms with Gasteiger partial charge >= 0.3 is 5.97 Å². The van der Waals surface area contributed by atoms with Gasteiger partial charge < -0.3 is 18.7 Å². The minimum Gasteiger partial charge on any atom is -0.478 e. The quantitative estimate of drug-likeness (QED) is 0.330. The van der Waals surface area contributed by atoms with Crippen LogP contribution in [-0.4, -0.2) is 31.5 Å². The second-order valence-corrected chi connectivity index (χ2v) is 8.64. The first-order chi connectivity index (χ1) is 16.7. The second kappa shape index (κ2) is 10.1. The summed E-state index contributed by atoms with van der Waals surface area (Å²) in [5, 5.41) is 9.24. The van der Waals surface area contributed by atoms with Gasteiger partial charge in [0.25, 0.3) is 0 Å². The molecule has 0 saturated carbocycles.